The van der Waals surface area contributed by atoms with E-state index in [9.17, 15) is 9.59 Å². The second-order valence-corrected chi connectivity index (χ2v) is 4.81. The number of carbonyl (C=O) groups excluding carboxylic acids is 1. The summed E-state index contributed by atoms with van der Waals surface area (Å²) in [4.78, 5) is 22.7. The summed E-state index contributed by atoms with van der Waals surface area (Å²) in [7, 11) is 0. The summed E-state index contributed by atoms with van der Waals surface area (Å²) in [5, 5.41) is 10.7. The van der Waals surface area contributed by atoms with Gasteiger partial charge in [-0.3, -0.25) is 9.36 Å². The third kappa shape index (κ3) is 2.18. The van der Waals surface area contributed by atoms with Gasteiger partial charge in [-0.15, -0.1) is 0 Å². The van der Waals surface area contributed by atoms with Crippen molar-refractivity contribution in [1.29, 1.82) is 0 Å². The number of carbonyl (C=O) groups is 2. The number of alkyl halides is 1. The third-order valence-electron chi connectivity index (χ3n) is 2.78. The number of aromatic carboxylic acids is 1. The molecule has 0 amide bonds. The Hall–Kier alpha value is -1.62. The minimum atomic E-state index is -1.09. The van der Waals surface area contributed by atoms with E-state index >= 15 is 0 Å². The van der Waals surface area contributed by atoms with Gasteiger partial charge in [-0.05, 0) is 30.2 Å². The van der Waals surface area contributed by atoms with Crippen LogP contribution in [0.25, 0.3) is 10.9 Å². The van der Waals surface area contributed by atoms with Gasteiger partial charge in [-0.2, -0.15) is 0 Å². The lowest BCUT2D eigenvalue weighted by Crippen LogP contribution is -2.13. The number of rotatable bonds is 3. The molecular formula is C13H12BrNO3. The number of hydrogen-bond acceptors (Lipinski definition) is 2. The number of carboxylic acids is 1. The van der Waals surface area contributed by atoms with Crippen LogP contribution in [-0.2, 0) is 6.42 Å². The highest BCUT2D eigenvalue weighted by atomic mass is 79.9. The number of aromatic nitrogens is 1. The molecule has 0 aliphatic rings. The fourth-order valence-corrected chi connectivity index (χ4v) is 2.48. The Kier molecular flexibility index (Phi) is 3.52. The second kappa shape index (κ2) is 4.94. The van der Waals surface area contributed by atoms with E-state index in [1.54, 1.807) is 6.07 Å². The molecule has 2 aromatic rings. The lowest BCUT2D eigenvalue weighted by molar-refractivity contribution is 0.0676. The van der Waals surface area contributed by atoms with E-state index in [0.717, 1.165) is 22.7 Å². The van der Waals surface area contributed by atoms with Crippen molar-refractivity contribution in [3.8, 4) is 0 Å². The lowest BCUT2D eigenvalue weighted by atomic mass is 10.1. The Morgan fingerprint density at radius 3 is 2.61 bits per heavy atom. The Bertz CT molecular complexity index is 630. The molecule has 2 rings (SSSR count). The molecule has 4 nitrogen and oxygen atoms in total. The monoisotopic (exact) mass is 309 g/mol. The first-order valence-electron chi connectivity index (χ1n) is 5.49. The minimum Gasteiger partial charge on any atom is -0.477 e. The Labute approximate surface area is 112 Å². The molecule has 0 atom stereocenters. The Morgan fingerprint density at radius 2 is 2.06 bits per heavy atom. The van der Waals surface area contributed by atoms with Crippen LogP contribution in [0, 0.1) is 0 Å². The summed E-state index contributed by atoms with van der Waals surface area (Å²) in [6.45, 7) is 1.36. The van der Waals surface area contributed by atoms with Gasteiger partial charge >= 0.3 is 5.97 Å². The van der Waals surface area contributed by atoms with Crippen LogP contribution >= 0.6 is 15.9 Å². The molecule has 0 aliphatic heterocycles. The summed E-state index contributed by atoms with van der Waals surface area (Å²) in [6, 6.07) is 7.16. The van der Waals surface area contributed by atoms with Crippen molar-refractivity contribution < 1.29 is 14.7 Å². The maximum Gasteiger partial charge on any atom is 0.352 e. The highest BCUT2D eigenvalue weighted by Crippen LogP contribution is 2.22. The molecule has 5 heteroatoms. The summed E-state index contributed by atoms with van der Waals surface area (Å²) in [6.07, 6.45) is 0.865. The molecule has 0 aliphatic carbocycles. The first-order chi connectivity index (χ1) is 8.54. The first-order valence-corrected chi connectivity index (χ1v) is 6.61. The van der Waals surface area contributed by atoms with Gasteiger partial charge in [-0.1, -0.05) is 22.0 Å². The zero-order chi connectivity index (χ0) is 13.3. The smallest absolute Gasteiger partial charge is 0.352 e. The number of carboxylic acid groups (broad SMARTS) is 1. The molecule has 0 bridgehead atoms. The summed E-state index contributed by atoms with van der Waals surface area (Å²) in [5.74, 6) is -1.39. The van der Waals surface area contributed by atoms with Gasteiger partial charge in [0.2, 0.25) is 5.91 Å². The summed E-state index contributed by atoms with van der Waals surface area (Å²) >= 11 is 3.36. The number of benzene rings is 1. The average molecular weight is 310 g/mol. The molecule has 0 saturated heterocycles. The molecule has 0 unspecified atom stereocenters. The third-order valence-corrected chi connectivity index (χ3v) is 3.18. The quantitative estimate of drug-likeness (QED) is 0.887. The van der Waals surface area contributed by atoms with Crippen molar-refractivity contribution in [2.75, 3.05) is 5.33 Å². The molecule has 0 radical (unpaired) electrons. The largest absolute Gasteiger partial charge is 0.477 e. The van der Waals surface area contributed by atoms with Crippen LogP contribution in [0.1, 0.15) is 27.8 Å². The van der Waals surface area contributed by atoms with Gasteiger partial charge in [0.05, 0.1) is 5.52 Å². The van der Waals surface area contributed by atoms with Crippen molar-refractivity contribution in [3.63, 3.8) is 0 Å². The van der Waals surface area contributed by atoms with E-state index in [1.807, 2.05) is 12.1 Å². The van der Waals surface area contributed by atoms with Gasteiger partial charge in [0.15, 0.2) is 0 Å². The molecule has 0 spiro atoms. The first kappa shape index (κ1) is 12.8. The molecule has 1 N–H and O–H groups in total. The van der Waals surface area contributed by atoms with Gasteiger partial charge in [-0.25, -0.2) is 4.79 Å². The number of nitrogens with zero attached hydrogens (tertiary/aromatic N) is 1. The molecule has 1 heterocycles. The zero-order valence-electron chi connectivity index (χ0n) is 9.81. The second-order valence-electron chi connectivity index (χ2n) is 4.02. The van der Waals surface area contributed by atoms with Crippen LogP contribution in [0.2, 0.25) is 0 Å². The summed E-state index contributed by atoms with van der Waals surface area (Å²) in [5.41, 5.74) is 1.75. The Morgan fingerprint density at radius 1 is 1.33 bits per heavy atom. The molecule has 0 fully saturated rings. The van der Waals surface area contributed by atoms with Crippen LogP contribution in [0.15, 0.2) is 24.3 Å². The number of halogens is 1. The molecule has 94 valence electrons. The highest BCUT2D eigenvalue weighted by Gasteiger charge is 2.17. The van der Waals surface area contributed by atoms with E-state index in [0.29, 0.717) is 5.52 Å². The van der Waals surface area contributed by atoms with Crippen LogP contribution in [-0.4, -0.2) is 26.9 Å². The topological polar surface area (TPSA) is 59.3 Å². The molecule has 0 saturated carbocycles. The van der Waals surface area contributed by atoms with Crippen molar-refractivity contribution in [3.05, 3.63) is 35.5 Å². The SMILES string of the molecule is CC(=O)n1c(C(=O)O)cc2cc(CCBr)ccc21. The van der Waals surface area contributed by atoms with Crippen LogP contribution in [0.3, 0.4) is 0 Å². The molecular weight excluding hydrogens is 298 g/mol. The average Bonchev–Trinajstić information content (AvgIpc) is 2.68. The lowest BCUT2D eigenvalue weighted by Gasteiger charge is -2.03. The van der Waals surface area contributed by atoms with Crippen LogP contribution in [0.4, 0.5) is 0 Å². The molecule has 1 aromatic heterocycles. The fourth-order valence-electron chi connectivity index (χ4n) is 2.03. The Balaban J connectivity index is 2.68. The maximum absolute atomic E-state index is 11.5. The van der Waals surface area contributed by atoms with E-state index in [-0.39, 0.29) is 11.6 Å². The van der Waals surface area contributed by atoms with E-state index < -0.39 is 5.97 Å². The minimum absolute atomic E-state index is 0.00786. The number of hydrogen-bond donors (Lipinski definition) is 1. The number of fused-ring (bicyclic) bond motifs is 1. The van der Waals surface area contributed by atoms with Crippen LogP contribution in [0.5, 0.6) is 0 Å². The van der Waals surface area contributed by atoms with Gasteiger partial charge in [0, 0.05) is 17.6 Å². The van der Waals surface area contributed by atoms with Crippen molar-refractivity contribution in [1.82, 2.24) is 4.57 Å². The number of aryl methyl sites for hydroxylation is 1. The highest BCUT2D eigenvalue weighted by molar-refractivity contribution is 9.09. The molecule has 18 heavy (non-hydrogen) atoms. The predicted octanol–water partition coefficient (Wildman–Crippen LogP) is 2.94. The van der Waals surface area contributed by atoms with Crippen molar-refractivity contribution in [2.24, 2.45) is 0 Å². The zero-order valence-corrected chi connectivity index (χ0v) is 11.4. The van der Waals surface area contributed by atoms with Gasteiger partial charge in [0.25, 0.3) is 0 Å². The van der Waals surface area contributed by atoms with E-state index in [1.165, 1.54) is 17.6 Å². The molecule has 1 aromatic carbocycles. The van der Waals surface area contributed by atoms with Crippen molar-refractivity contribution in [2.45, 2.75) is 13.3 Å². The normalized spacial score (nSPS) is 10.8. The van der Waals surface area contributed by atoms with Gasteiger partial charge in [0.1, 0.15) is 5.69 Å². The summed E-state index contributed by atoms with van der Waals surface area (Å²) < 4.78 is 1.23. The van der Waals surface area contributed by atoms with E-state index in [4.69, 9.17) is 5.11 Å². The fraction of sp³-hybridized carbons (Fsp3) is 0.231. The van der Waals surface area contributed by atoms with Gasteiger partial charge < -0.3 is 5.11 Å². The maximum atomic E-state index is 11.5. The van der Waals surface area contributed by atoms with Crippen molar-refractivity contribution >= 4 is 38.7 Å². The standard InChI is InChI=1S/C13H12BrNO3/c1-8(16)15-11-3-2-9(4-5-14)6-10(11)7-12(15)13(17)18/h2-3,6-7H,4-5H2,1H3,(H,17,18). The van der Waals surface area contributed by atoms with Crippen LogP contribution < -0.4 is 0 Å². The predicted molar refractivity (Wildman–Crippen MR) is 72.7 cm³/mol. The van der Waals surface area contributed by atoms with E-state index in [2.05, 4.69) is 15.9 Å².